The van der Waals surface area contributed by atoms with E-state index in [4.69, 9.17) is 17.3 Å². The number of phenolic OH excluding ortho intramolecular Hbond substituents is 1. The zero-order valence-corrected chi connectivity index (χ0v) is 11.6. The molecule has 0 bridgehead atoms. The Labute approximate surface area is 118 Å². The zero-order chi connectivity index (χ0) is 13.5. The topological polar surface area (TPSA) is 56.7 Å². The molecule has 0 spiro atoms. The van der Waals surface area contributed by atoms with Gasteiger partial charge in [-0.2, -0.15) is 5.10 Å². The molecule has 5 heteroatoms. The minimum atomic E-state index is 0.250. The maximum absolute atomic E-state index is 9.16. The minimum Gasteiger partial charge on any atom is -0.508 e. The molecule has 1 aliphatic rings. The average Bonchev–Trinajstić information content (AvgIpc) is 2.42. The standard InChI is InChI=1S/C14H19N3OS/c18-13-8-6-11(7-9-13)10-15-17-14(19)16-12-4-2-1-3-5-12/h6-10,12,18H,1-5H2,(H2,16,17,19)/b15-10-. The van der Waals surface area contributed by atoms with Crippen molar-refractivity contribution in [3.63, 3.8) is 0 Å². The predicted octanol–water partition coefficient (Wildman–Crippen LogP) is 2.52. The van der Waals surface area contributed by atoms with E-state index in [1.54, 1.807) is 30.5 Å². The fourth-order valence-electron chi connectivity index (χ4n) is 2.19. The Kier molecular flexibility index (Phi) is 5.15. The summed E-state index contributed by atoms with van der Waals surface area (Å²) in [6.45, 7) is 0. The SMILES string of the molecule is Oc1ccc(/C=N\NC(=S)NC2CCCCC2)cc1. The lowest BCUT2D eigenvalue weighted by molar-refractivity contribution is 0.412. The predicted molar refractivity (Wildman–Crippen MR) is 81.4 cm³/mol. The highest BCUT2D eigenvalue weighted by Gasteiger charge is 2.13. The van der Waals surface area contributed by atoms with Crippen LogP contribution in [0.1, 0.15) is 37.7 Å². The van der Waals surface area contributed by atoms with Crippen LogP contribution < -0.4 is 10.7 Å². The molecule has 1 aliphatic carbocycles. The summed E-state index contributed by atoms with van der Waals surface area (Å²) in [6, 6.07) is 7.31. The first-order chi connectivity index (χ1) is 9.24. The zero-order valence-electron chi connectivity index (χ0n) is 10.8. The maximum atomic E-state index is 9.16. The third kappa shape index (κ3) is 4.87. The van der Waals surface area contributed by atoms with Crippen molar-refractivity contribution >= 4 is 23.5 Å². The van der Waals surface area contributed by atoms with Gasteiger partial charge in [0.15, 0.2) is 5.11 Å². The summed E-state index contributed by atoms with van der Waals surface area (Å²) in [5.74, 6) is 0.250. The first-order valence-electron chi connectivity index (χ1n) is 6.62. The monoisotopic (exact) mass is 277 g/mol. The molecule has 2 rings (SSSR count). The van der Waals surface area contributed by atoms with Gasteiger partial charge in [-0.3, -0.25) is 5.43 Å². The number of nitrogens with zero attached hydrogens (tertiary/aromatic N) is 1. The van der Waals surface area contributed by atoms with Crippen molar-refractivity contribution in [2.75, 3.05) is 0 Å². The van der Waals surface area contributed by atoms with Gasteiger partial charge in [0.1, 0.15) is 5.75 Å². The van der Waals surface area contributed by atoms with E-state index in [0.29, 0.717) is 11.2 Å². The highest BCUT2D eigenvalue weighted by atomic mass is 32.1. The van der Waals surface area contributed by atoms with Gasteiger partial charge in [-0.25, -0.2) is 0 Å². The van der Waals surface area contributed by atoms with E-state index in [1.807, 2.05) is 0 Å². The van der Waals surface area contributed by atoms with Crippen LogP contribution in [0, 0.1) is 0 Å². The number of benzene rings is 1. The summed E-state index contributed by atoms with van der Waals surface area (Å²) in [7, 11) is 0. The molecule has 1 aromatic carbocycles. The minimum absolute atomic E-state index is 0.250. The molecule has 0 unspecified atom stereocenters. The van der Waals surface area contributed by atoms with Crippen molar-refractivity contribution < 1.29 is 5.11 Å². The molecule has 102 valence electrons. The second-order valence-corrected chi connectivity index (χ2v) is 5.18. The number of nitrogens with one attached hydrogen (secondary N) is 2. The fraction of sp³-hybridized carbons (Fsp3) is 0.429. The molecular weight excluding hydrogens is 258 g/mol. The molecular formula is C14H19N3OS. The summed E-state index contributed by atoms with van der Waals surface area (Å²) in [5.41, 5.74) is 3.73. The summed E-state index contributed by atoms with van der Waals surface area (Å²) >= 11 is 5.20. The lowest BCUT2D eigenvalue weighted by Crippen LogP contribution is -2.40. The van der Waals surface area contributed by atoms with Gasteiger partial charge in [0.25, 0.3) is 0 Å². The Morgan fingerprint density at radius 1 is 1.21 bits per heavy atom. The second-order valence-electron chi connectivity index (χ2n) is 4.77. The van der Waals surface area contributed by atoms with Gasteiger partial charge >= 0.3 is 0 Å². The van der Waals surface area contributed by atoms with Crippen LogP contribution in [-0.2, 0) is 0 Å². The number of rotatable bonds is 3. The van der Waals surface area contributed by atoms with Gasteiger partial charge in [0.05, 0.1) is 6.21 Å². The van der Waals surface area contributed by atoms with E-state index in [0.717, 1.165) is 5.56 Å². The average molecular weight is 277 g/mol. The van der Waals surface area contributed by atoms with Crippen LogP contribution in [-0.4, -0.2) is 22.5 Å². The number of phenols is 1. The van der Waals surface area contributed by atoms with Gasteiger partial charge in [-0.15, -0.1) is 0 Å². The normalized spacial score (nSPS) is 16.4. The van der Waals surface area contributed by atoms with Gasteiger partial charge in [-0.05, 0) is 54.9 Å². The lowest BCUT2D eigenvalue weighted by Gasteiger charge is -2.23. The molecule has 0 aliphatic heterocycles. The molecule has 4 nitrogen and oxygen atoms in total. The van der Waals surface area contributed by atoms with Crippen LogP contribution in [0.4, 0.5) is 0 Å². The van der Waals surface area contributed by atoms with Crippen molar-refractivity contribution in [2.45, 2.75) is 38.1 Å². The molecule has 1 saturated carbocycles. The molecule has 1 aromatic rings. The number of hydrogen-bond donors (Lipinski definition) is 3. The number of thiocarbonyl (C=S) groups is 1. The van der Waals surface area contributed by atoms with Crippen molar-refractivity contribution in [2.24, 2.45) is 5.10 Å². The Balaban J connectivity index is 1.74. The molecule has 0 saturated heterocycles. The molecule has 19 heavy (non-hydrogen) atoms. The van der Waals surface area contributed by atoms with Gasteiger partial charge < -0.3 is 10.4 Å². The molecule has 0 aromatic heterocycles. The van der Waals surface area contributed by atoms with E-state index in [-0.39, 0.29) is 5.75 Å². The lowest BCUT2D eigenvalue weighted by atomic mass is 9.96. The number of hydrogen-bond acceptors (Lipinski definition) is 3. The molecule has 1 fully saturated rings. The molecule has 0 atom stereocenters. The smallest absolute Gasteiger partial charge is 0.187 e. The van der Waals surface area contributed by atoms with Crippen LogP contribution in [0.5, 0.6) is 5.75 Å². The maximum Gasteiger partial charge on any atom is 0.187 e. The summed E-state index contributed by atoms with van der Waals surface area (Å²) in [6.07, 6.45) is 7.92. The highest BCUT2D eigenvalue weighted by molar-refractivity contribution is 7.80. The quantitative estimate of drug-likeness (QED) is 0.451. The van der Waals surface area contributed by atoms with E-state index >= 15 is 0 Å². The molecule has 0 amide bonds. The van der Waals surface area contributed by atoms with Crippen molar-refractivity contribution in [1.82, 2.24) is 10.7 Å². The van der Waals surface area contributed by atoms with Crippen molar-refractivity contribution in [1.29, 1.82) is 0 Å². The van der Waals surface area contributed by atoms with Crippen molar-refractivity contribution in [3.8, 4) is 5.75 Å². The third-order valence-corrected chi connectivity index (χ3v) is 3.42. The summed E-state index contributed by atoms with van der Waals surface area (Å²) in [5, 5.41) is 17.1. The largest absolute Gasteiger partial charge is 0.508 e. The van der Waals surface area contributed by atoms with Crippen LogP contribution in [0.25, 0.3) is 0 Å². The fourth-order valence-corrected chi connectivity index (χ4v) is 2.41. The second kappa shape index (κ2) is 7.09. The summed E-state index contributed by atoms with van der Waals surface area (Å²) < 4.78 is 0. The van der Waals surface area contributed by atoms with E-state index < -0.39 is 0 Å². The van der Waals surface area contributed by atoms with Crippen LogP contribution in [0.15, 0.2) is 29.4 Å². The number of hydrazone groups is 1. The Morgan fingerprint density at radius 2 is 1.89 bits per heavy atom. The van der Waals surface area contributed by atoms with E-state index in [1.165, 1.54) is 32.1 Å². The first-order valence-corrected chi connectivity index (χ1v) is 7.03. The number of aromatic hydroxyl groups is 1. The van der Waals surface area contributed by atoms with Gasteiger partial charge in [0.2, 0.25) is 0 Å². The van der Waals surface area contributed by atoms with E-state index in [2.05, 4.69) is 15.8 Å². The Morgan fingerprint density at radius 3 is 2.58 bits per heavy atom. The van der Waals surface area contributed by atoms with Gasteiger partial charge in [-0.1, -0.05) is 19.3 Å². The highest BCUT2D eigenvalue weighted by Crippen LogP contribution is 2.17. The molecule has 0 heterocycles. The molecule has 3 N–H and O–H groups in total. The summed E-state index contributed by atoms with van der Waals surface area (Å²) in [4.78, 5) is 0. The molecule has 0 radical (unpaired) electrons. The van der Waals surface area contributed by atoms with E-state index in [9.17, 15) is 0 Å². The third-order valence-electron chi connectivity index (χ3n) is 3.21. The van der Waals surface area contributed by atoms with Crippen LogP contribution >= 0.6 is 12.2 Å². The van der Waals surface area contributed by atoms with Crippen LogP contribution in [0.2, 0.25) is 0 Å². The van der Waals surface area contributed by atoms with Crippen molar-refractivity contribution in [3.05, 3.63) is 29.8 Å². The Bertz CT molecular complexity index is 439. The first kappa shape index (κ1) is 13.8. The van der Waals surface area contributed by atoms with Gasteiger partial charge in [0, 0.05) is 6.04 Å². The Hall–Kier alpha value is -1.62. The van der Waals surface area contributed by atoms with Crippen LogP contribution in [0.3, 0.4) is 0 Å².